The van der Waals surface area contributed by atoms with E-state index in [0.29, 0.717) is 31.7 Å². The molecule has 0 N–H and O–H groups in total. The molecule has 10 heteroatoms. The van der Waals surface area contributed by atoms with Gasteiger partial charge in [0.2, 0.25) is 0 Å². The van der Waals surface area contributed by atoms with E-state index < -0.39 is 21.6 Å². The van der Waals surface area contributed by atoms with E-state index in [1.54, 1.807) is 24.1 Å². The van der Waals surface area contributed by atoms with E-state index in [0.717, 1.165) is 23.3 Å². The quantitative estimate of drug-likeness (QED) is 0.681. The topological polar surface area (TPSA) is 66.9 Å². The lowest BCUT2D eigenvalue weighted by molar-refractivity contribution is -0.137. The third-order valence-electron chi connectivity index (χ3n) is 5.94. The molecule has 32 heavy (non-hydrogen) atoms. The summed E-state index contributed by atoms with van der Waals surface area (Å²) in [4.78, 5) is 16.1. The van der Waals surface area contributed by atoms with Crippen LogP contribution in [0.25, 0.3) is 0 Å². The number of hydrogen-bond acceptors (Lipinski definition) is 4. The number of urea groups is 1. The van der Waals surface area contributed by atoms with Crippen LogP contribution in [0.4, 0.5) is 18.0 Å². The molecule has 1 unspecified atom stereocenters. The molecule has 4 rings (SSSR count). The molecular formula is C22H23F3N2O4S. The number of nitrogens with zero attached hydrogens (tertiary/aromatic N) is 2. The second kappa shape index (κ2) is 8.31. The van der Waals surface area contributed by atoms with Gasteiger partial charge in [-0.05, 0) is 60.4 Å². The van der Waals surface area contributed by atoms with Crippen molar-refractivity contribution < 1.29 is 31.1 Å². The first-order chi connectivity index (χ1) is 15.0. The van der Waals surface area contributed by atoms with Gasteiger partial charge in [0.15, 0.2) is 9.84 Å². The molecule has 1 atom stereocenters. The number of alkyl halides is 3. The van der Waals surface area contributed by atoms with Crippen LogP contribution < -0.4 is 4.74 Å². The first-order valence-electron chi connectivity index (χ1n) is 10.2. The average molecular weight is 468 g/mol. The minimum Gasteiger partial charge on any atom is -0.457 e. The second-order valence-electron chi connectivity index (χ2n) is 8.18. The Morgan fingerprint density at radius 3 is 2.41 bits per heavy atom. The lowest BCUT2D eigenvalue weighted by Crippen LogP contribution is -2.48. The summed E-state index contributed by atoms with van der Waals surface area (Å²) in [6, 6.07) is 9.36. The van der Waals surface area contributed by atoms with Gasteiger partial charge in [0.05, 0.1) is 17.1 Å². The zero-order valence-corrected chi connectivity index (χ0v) is 18.2. The molecule has 0 aliphatic carbocycles. The van der Waals surface area contributed by atoms with Crippen molar-refractivity contribution >= 4 is 15.9 Å². The number of hydrogen-bond donors (Lipinski definition) is 0. The second-order valence-corrected chi connectivity index (χ2v) is 10.4. The maximum Gasteiger partial charge on any atom is 0.416 e. The third kappa shape index (κ3) is 4.85. The van der Waals surface area contributed by atoms with Gasteiger partial charge in [-0.1, -0.05) is 6.07 Å². The summed E-state index contributed by atoms with van der Waals surface area (Å²) >= 11 is 0. The Hall–Kier alpha value is -2.75. The first kappa shape index (κ1) is 22.4. The molecule has 0 bridgehead atoms. The van der Waals surface area contributed by atoms with Crippen LogP contribution in [0.2, 0.25) is 0 Å². The summed E-state index contributed by atoms with van der Waals surface area (Å²) in [6.07, 6.45) is -3.31. The van der Waals surface area contributed by atoms with Gasteiger partial charge >= 0.3 is 12.2 Å². The Labute approximate surface area is 184 Å². The largest absolute Gasteiger partial charge is 0.457 e. The lowest BCUT2D eigenvalue weighted by atomic mass is 9.99. The van der Waals surface area contributed by atoms with Gasteiger partial charge in [-0.25, -0.2) is 13.2 Å². The number of fused-ring (bicyclic) bond motifs is 1. The van der Waals surface area contributed by atoms with Crippen LogP contribution in [0.3, 0.4) is 0 Å². The van der Waals surface area contributed by atoms with Crippen molar-refractivity contribution in [2.75, 3.05) is 25.1 Å². The van der Waals surface area contributed by atoms with Gasteiger partial charge in [-0.15, -0.1) is 0 Å². The Morgan fingerprint density at radius 2 is 1.78 bits per heavy atom. The molecule has 2 heterocycles. The van der Waals surface area contributed by atoms with Gasteiger partial charge in [-0.3, -0.25) is 0 Å². The first-order valence-corrected chi connectivity index (χ1v) is 12.0. The molecule has 2 aromatic rings. The Morgan fingerprint density at radius 1 is 1.09 bits per heavy atom. The third-order valence-corrected chi connectivity index (χ3v) is 7.69. The van der Waals surface area contributed by atoms with Crippen LogP contribution in [0.1, 0.15) is 23.1 Å². The van der Waals surface area contributed by atoms with Crippen LogP contribution in [0, 0.1) is 0 Å². The zero-order valence-electron chi connectivity index (χ0n) is 17.4. The minimum absolute atomic E-state index is 0.00914. The van der Waals surface area contributed by atoms with Crippen molar-refractivity contribution in [3.05, 3.63) is 59.2 Å². The summed E-state index contributed by atoms with van der Waals surface area (Å²) in [6.45, 7) is 0.872. The number of rotatable bonds is 3. The van der Waals surface area contributed by atoms with Gasteiger partial charge in [-0.2, -0.15) is 13.2 Å². The van der Waals surface area contributed by atoms with Crippen LogP contribution in [-0.4, -0.2) is 55.4 Å². The molecular weight excluding hydrogens is 445 g/mol. The lowest BCUT2D eigenvalue weighted by Gasteiger charge is -2.34. The van der Waals surface area contributed by atoms with Crippen molar-refractivity contribution in [1.29, 1.82) is 0 Å². The van der Waals surface area contributed by atoms with Crippen molar-refractivity contribution in [2.45, 2.75) is 31.6 Å². The summed E-state index contributed by atoms with van der Waals surface area (Å²) in [5.74, 6) is 0.838. The van der Waals surface area contributed by atoms with Crippen LogP contribution in [0.15, 0.2) is 42.5 Å². The summed E-state index contributed by atoms with van der Waals surface area (Å²) in [7, 11) is -1.46. The zero-order chi connectivity index (χ0) is 23.1. The van der Waals surface area contributed by atoms with Gasteiger partial charge < -0.3 is 14.5 Å². The maximum atomic E-state index is 12.9. The van der Waals surface area contributed by atoms with Crippen molar-refractivity contribution in [2.24, 2.45) is 0 Å². The van der Waals surface area contributed by atoms with Gasteiger partial charge in [0.1, 0.15) is 11.5 Å². The van der Waals surface area contributed by atoms with Gasteiger partial charge in [0, 0.05) is 26.2 Å². The highest BCUT2D eigenvalue weighted by atomic mass is 32.2. The highest BCUT2D eigenvalue weighted by Crippen LogP contribution is 2.32. The molecule has 0 aromatic heterocycles. The van der Waals surface area contributed by atoms with E-state index in [4.69, 9.17) is 4.74 Å². The predicted octanol–water partition coefficient (Wildman–Crippen LogP) is 4.09. The maximum absolute atomic E-state index is 12.9. The SMILES string of the molecule is CN(C(=O)N1CCc2ccc(Oc3ccc(C(F)(F)F)cc3)cc2C1)C1CCS(=O)(=O)C1. The number of carbonyl (C=O) groups is 1. The predicted molar refractivity (Wildman–Crippen MR) is 112 cm³/mol. The van der Waals surface area contributed by atoms with Crippen molar-refractivity contribution in [1.82, 2.24) is 9.80 Å². The summed E-state index contributed by atoms with van der Waals surface area (Å²) in [5, 5.41) is 0. The molecule has 2 aliphatic rings. The van der Waals surface area contributed by atoms with E-state index in [1.165, 1.54) is 17.0 Å². The average Bonchev–Trinajstić information content (AvgIpc) is 3.11. The van der Waals surface area contributed by atoms with Crippen molar-refractivity contribution in [3.63, 3.8) is 0 Å². The summed E-state index contributed by atoms with van der Waals surface area (Å²) in [5.41, 5.74) is 1.21. The highest BCUT2D eigenvalue weighted by Gasteiger charge is 2.35. The van der Waals surface area contributed by atoms with Gasteiger partial charge in [0.25, 0.3) is 0 Å². The van der Waals surface area contributed by atoms with E-state index in [9.17, 15) is 26.4 Å². The molecule has 6 nitrogen and oxygen atoms in total. The van der Waals surface area contributed by atoms with E-state index in [2.05, 4.69) is 0 Å². The minimum atomic E-state index is -4.41. The number of carbonyl (C=O) groups excluding carboxylic acids is 1. The number of halogens is 3. The molecule has 2 aliphatic heterocycles. The van der Waals surface area contributed by atoms with E-state index in [1.807, 2.05) is 6.07 Å². The van der Waals surface area contributed by atoms with Crippen LogP contribution in [-0.2, 0) is 29.0 Å². The molecule has 0 spiro atoms. The molecule has 2 amide bonds. The van der Waals surface area contributed by atoms with E-state index >= 15 is 0 Å². The van der Waals surface area contributed by atoms with Crippen LogP contribution in [0.5, 0.6) is 11.5 Å². The fraction of sp³-hybridized carbons (Fsp3) is 0.409. The standard InChI is InChI=1S/C22H23F3N2O4S/c1-26(18-9-11-32(29,30)14-18)21(28)27-10-8-15-2-5-20(12-16(15)13-27)31-19-6-3-17(4-7-19)22(23,24)25/h2-7,12,18H,8-11,13-14H2,1H3. The monoisotopic (exact) mass is 468 g/mol. The highest BCUT2D eigenvalue weighted by molar-refractivity contribution is 7.91. The number of amides is 2. The molecule has 172 valence electrons. The molecule has 2 aromatic carbocycles. The number of ether oxygens (including phenoxy) is 1. The van der Waals surface area contributed by atoms with Crippen LogP contribution >= 0.6 is 0 Å². The number of benzene rings is 2. The molecule has 0 radical (unpaired) electrons. The van der Waals surface area contributed by atoms with E-state index in [-0.39, 0.29) is 29.3 Å². The smallest absolute Gasteiger partial charge is 0.416 e. The van der Waals surface area contributed by atoms with Crippen molar-refractivity contribution in [3.8, 4) is 11.5 Å². The molecule has 1 fully saturated rings. The fourth-order valence-corrected chi connectivity index (χ4v) is 5.84. The Bertz CT molecular complexity index is 1120. The Balaban J connectivity index is 1.44. The Kier molecular flexibility index (Phi) is 5.83. The molecule has 0 saturated carbocycles. The fourth-order valence-electron chi connectivity index (χ4n) is 4.07. The normalized spacial score (nSPS) is 20.0. The molecule has 1 saturated heterocycles. The summed E-state index contributed by atoms with van der Waals surface area (Å²) < 4.78 is 67.4. The number of sulfone groups is 1.